The van der Waals surface area contributed by atoms with Crippen LogP contribution in [-0.2, 0) is 20.9 Å². The van der Waals surface area contributed by atoms with Crippen LogP contribution in [0.15, 0.2) is 42.5 Å². The molecule has 0 radical (unpaired) electrons. The Bertz CT molecular complexity index is 782. The molecule has 27 heavy (non-hydrogen) atoms. The highest BCUT2D eigenvalue weighted by Crippen LogP contribution is 2.33. The zero-order chi connectivity index (χ0) is 19.8. The lowest BCUT2D eigenvalue weighted by Gasteiger charge is -2.18. The van der Waals surface area contributed by atoms with E-state index in [-0.39, 0.29) is 18.0 Å². The number of methoxy groups -OCH3 is 2. The Morgan fingerprint density at radius 2 is 1.70 bits per heavy atom. The third-order valence-corrected chi connectivity index (χ3v) is 4.01. The van der Waals surface area contributed by atoms with Crippen LogP contribution < -0.4 is 9.47 Å². The number of ether oxygens (including phenoxy) is 4. The number of esters is 2. The maximum Gasteiger partial charge on any atom is 0.337 e. The Hall–Kier alpha value is -3.02. The lowest BCUT2D eigenvalue weighted by atomic mass is 10.1. The van der Waals surface area contributed by atoms with E-state index in [9.17, 15) is 9.59 Å². The predicted molar refractivity (Wildman–Crippen MR) is 99.9 cm³/mol. The van der Waals surface area contributed by atoms with Gasteiger partial charge >= 0.3 is 11.9 Å². The van der Waals surface area contributed by atoms with E-state index in [0.29, 0.717) is 30.1 Å². The molecule has 0 amide bonds. The molecule has 2 aromatic carbocycles. The minimum Gasteiger partial charge on any atom is -0.493 e. The summed E-state index contributed by atoms with van der Waals surface area (Å²) in [5.74, 6) is 0.440. The van der Waals surface area contributed by atoms with Crippen LogP contribution in [0.3, 0.4) is 0 Å². The summed E-state index contributed by atoms with van der Waals surface area (Å²) in [6.07, 6.45) is 0.339. The summed E-state index contributed by atoms with van der Waals surface area (Å²) in [6.45, 7) is 3.66. The molecule has 6 heteroatoms. The molecule has 2 rings (SSSR count). The van der Waals surface area contributed by atoms with Gasteiger partial charge in [-0.25, -0.2) is 4.79 Å². The normalized spacial score (nSPS) is 11.4. The fraction of sp³-hybridized carbons (Fsp3) is 0.333. The smallest absolute Gasteiger partial charge is 0.337 e. The molecule has 0 aliphatic rings. The van der Waals surface area contributed by atoms with Crippen molar-refractivity contribution in [3.05, 3.63) is 59.2 Å². The molecule has 0 heterocycles. The second-order valence-electron chi connectivity index (χ2n) is 5.89. The first kappa shape index (κ1) is 20.3. The Morgan fingerprint density at radius 1 is 1.00 bits per heavy atom. The van der Waals surface area contributed by atoms with Crippen LogP contribution in [0.1, 0.15) is 47.9 Å². The molecule has 0 saturated heterocycles. The van der Waals surface area contributed by atoms with Crippen LogP contribution in [0.2, 0.25) is 0 Å². The van der Waals surface area contributed by atoms with E-state index in [2.05, 4.69) is 4.74 Å². The molecule has 1 atom stereocenters. The number of benzene rings is 2. The van der Waals surface area contributed by atoms with Crippen LogP contribution >= 0.6 is 0 Å². The largest absolute Gasteiger partial charge is 0.493 e. The molecule has 0 aromatic heterocycles. The highest BCUT2D eigenvalue weighted by atomic mass is 16.5. The van der Waals surface area contributed by atoms with Crippen molar-refractivity contribution in [1.29, 1.82) is 0 Å². The van der Waals surface area contributed by atoms with Crippen LogP contribution in [0, 0.1) is 0 Å². The van der Waals surface area contributed by atoms with Gasteiger partial charge in [0.2, 0.25) is 0 Å². The molecule has 6 nitrogen and oxygen atoms in total. The van der Waals surface area contributed by atoms with Crippen molar-refractivity contribution in [3.63, 3.8) is 0 Å². The van der Waals surface area contributed by atoms with E-state index in [0.717, 1.165) is 11.1 Å². The SMILES string of the molecule is CC[C@H](OC(C)=O)c1ccc(OCc2ccc(C(=O)OC)cc2)c(OC)c1. The van der Waals surface area contributed by atoms with Gasteiger partial charge in [0, 0.05) is 6.92 Å². The number of hydrogen-bond acceptors (Lipinski definition) is 6. The summed E-state index contributed by atoms with van der Waals surface area (Å²) >= 11 is 0. The Kier molecular flexibility index (Phi) is 7.23. The quantitative estimate of drug-likeness (QED) is 0.651. The van der Waals surface area contributed by atoms with Crippen molar-refractivity contribution in [2.24, 2.45) is 0 Å². The average molecular weight is 372 g/mol. The van der Waals surface area contributed by atoms with Gasteiger partial charge in [0.25, 0.3) is 0 Å². The zero-order valence-corrected chi connectivity index (χ0v) is 16.0. The van der Waals surface area contributed by atoms with Crippen molar-refractivity contribution in [1.82, 2.24) is 0 Å². The van der Waals surface area contributed by atoms with Gasteiger partial charge in [0.05, 0.1) is 19.8 Å². The number of carbonyl (C=O) groups is 2. The Labute approximate surface area is 159 Å². The van der Waals surface area contributed by atoms with Gasteiger partial charge in [-0.15, -0.1) is 0 Å². The number of rotatable bonds is 8. The summed E-state index contributed by atoms with van der Waals surface area (Å²) in [7, 11) is 2.91. The van der Waals surface area contributed by atoms with Crippen molar-refractivity contribution in [3.8, 4) is 11.5 Å². The maximum absolute atomic E-state index is 11.5. The fourth-order valence-electron chi connectivity index (χ4n) is 2.61. The minimum absolute atomic E-state index is 0.318. The first-order chi connectivity index (χ1) is 13.0. The summed E-state index contributed by atoms with van der Waals surface area (Å²) < 4.78 is 21.3. The van der Waals surface area contributed by atoms with E-state index >= 15 is 0 Å². The van der Waals surface area contributed by atoms with E-state index in [1.165, 1.54) is 14.0 Å². The highest BCUT2D eigenvalue weighted by Gasteiger charge is 2.16. The molecule has 2 aromatic rings. The maximum atomic E-state index is 11.5. The lowest BCUT2D eigenvalue weighted by molar-refractivity contribution is -0.146. The van der Waals surface area contributed by atoms with Crippen molar-refractivity contribution < 1.29 is 28.5 Å². The number of hydrogen-bond donors (Lipinski definition) is 0. The second kappa shape index (κ2) is 9.62. The molecule has 0 unspecified atom stereocenters. The van der Waals surface area contributed by atoms with Crippen molar-refractivity contribution in [2.45, 2.75) is 33.0 Å². The third-order valence-electron chi connectivity index (χ3n) is 4.01. The molecule has 0 fully saturated rings. The van der Waals surface area contributed by atoms with Gasteiger partial charge < -0.3 is 18.9 Å². The van der Waals surface area contributed by atoms with Crippen molar-refractivity contribution >= 4 is 11.9 Å². The second-order valence-corrected chi connectivity index (χ2v) is 5.89. The van der Waals surface area contributed by atoms with Crippen LogP contribution in [0.4, 0.5) is 0 Å². The molecule has 0 aliphatic carbocycles. The minimum atomic E-state index is -0.377. The molecule has 0 N–H and O–H groups in total. The van der Waals surface area contributed by atoms with Gasteiger partial charge in [-0.1, -0.05) is 25.1 Å². The van der Waals surface area contributed by atoms with Crippen LogP contribution in [0.5, 0.6) is 11.5 Å². The predicted octanol–water partition coefficient (Wildman–Crippen LogP) is 4.08. The molecule has 0 spiro atoms. The third kappa shape index (κ3) is 5.48. The molecular formula is C21H24O6. The molecule has 144 valence electrons. The lowest BCUT2D eigenvalue weighted by Crippen LogP contribution is -2.08. The Morgan fingerprint density at radius 3 is 2.26 bits per heavy atom. The standard InChI is InChI=1S/C21H24O6/c1-5-18(27-14(2)22)17-10-11-19(20(12-17)24-3)26-13-15-6-8-16(9-7-15)21(23)25-4/h6-12,18H,5,13H2,1-4H3/t18-/m0/s1. The van der Waals surface area contributed by atoms with E-state index < -0.39 is 0 Å². The average Bonchev–Trinajstić information content (AvgIpc) is 2.70. The van der Waals surface area contributed by atoms with Gasteiger partial charge in [-0.3, -0.25) is 4.79 Å². The van der Waals surface area contributed by atoms with Gasteiger partial charge in [-0.05, 0) is 41.8 Å². The van der Waals surface area contributed by atoms with E-state index in [1.54, 1.807) is 37.4 Å². The first-order valence-electron chi connectivity index (χ1n) is 8.63. The van der Waals surface area contributed by atoms with Crippen molar-refractivity contribution in [2.75, 3.05) is 14.2 Å². The monoisotopic (exact) mass is 372 g/mol. The van der Waals surface area contributed by atoms with E-state index in [4.69, 9.17) is 14.2 Å². The van der Waals surface area contributed by atoms with Gasteiger partial charge in [0.15, 0.2) is 11.5 Å². The molecule has 0 aliphatic heterocycles. The summed E-state index contributed by atoms with van der Waals surface area (Å²) in [4.78, 5) is 22.7. The summed E-state index contributed by atoms with van der Waals surface area (Å²) in [5, 5.41) is 0. The summed E-state index contributed by atoms with van der Waals surface area (Å²) in [6, 6.07) is 12.5. The van der Waals surface area contributed by atoms with Crippen LogP contribution in [0.25, 0.3) is 0 Å². The Balaban J connectivity index is 2.10. The topological polar surface area (TPSA) is 71.1 Å². The molecular weight excluding hydrogens is 348 g/mol. The van der Waals surface area contributed by atoms with Crippen LogP contribution in [-0.4, -0.2) is 26.2 Å². The zero-order valence-electron chi connectivity index (χ0n) is 16.0. The first-order valence-corrected chi connectivity index (χ1v) is 8.63. The van der Waals surface area contributed by atoms with Gasteiger partial charge in [0.1, 0.15) is 12.7 Å². The molecule has 0 bridgehead atoms. The van der Waals surface area contributed by atoms with E-state index in [1.807, 2.05) is 19.1 Å². The number of carbonyl (C=O) groups excluding carboxylic acids is 2. The van der Waals surface area contributed by atoms with Gasteiger partial charge in [-0.2, -0.15) is 0 Å². The fourth-order valence-corrected chi connectivity index (χ4v) is 2.61. The summed E-state index contributed by atoms with van der Waals surface area (Å²) in [5.41, 5.74) is 2.23. The molecule has 0 saturated carbocycles. The highest BCUT2D eigenvalue weighted by molar-refractivity contribution is 5.89.